The second kappa shape index (κ2) is 11.6. The van der Waals surface area contributed by atoms with E-state index in [0.29, 0.717) is 30.9 Å². The first kappa shape index (κ1) is 24.5. The highest BCUT2D eigenvalue weighted by Crippen LogP contribution is 2.43. The molecule has 2 N–H and O–H groups in total. The van der Waals surface area contributed by atoms with Gasteiger partial charge in [-0.2, -0.15) is 0 Å². The van der Waals surface area contributed by atoms with E-state index in [-0.39, 0.29) is 36.4 Å². The van der Waals surface area contributed by atoms with Gasteiger partial charge in [0, 0.05) is 18.3 Å². The molecule has 0 amide bonds. The van der Waals surface area contributed by atoms with Crippen molar-refractivity contribution >= 4 is 5.97 Å². The van der Waals surface area contributed by atoms with Crippen LogP contribution >= 0.6 is 0 Å². The fourth-order valence-electron chi connectivity index (χ4n) is 5.07. The summed E-state index contributed by atoms with van der Waals surface area (Å²) in [7, 11) is 0. The predicted octanol–water partition coefficient (Wildman–Crippen LogP) is 4.12. The quantitative estimate of drug-likeness (QED) is 0.450. The number of aliphatic hydroxyl groups excluding tert-OH is 2. The molecule has 6 atom stereocenters. The summed E-state index contributed by atoms with van der Waals surface area (Å²) in [5.41, 5.74) is 1.64. The van der Waals surface area contributed by atoms with Crippen molar-refractivity contribution in [3.63, 3.8) is 0 Å². The highest BCUT2D eigenvalue weighted by atomic mass is 16.5. The highest BCUT2D eigenvalue weighted by Gasteiger charge is 2.43. The Morgan fingerprint density at radius 1 is 1.18 bits per heavy atom. The van der Waals surface area contributed by atoms with E-state index in [4.69, 9.17) is 14.2 Å². The summed E-state index contributed by atoms with van der Waals surface area (Å²) in [6, 6.07) is 17.0. The molecular formula is C28H34O6. The molecule has 2 aromatic carbocycles. The Morgan fingerprint density at radius 3 is 2.79 bits per heavy atom. The van der Waals surface area contributed by atoms with Gasteiger partial charge < -0.3 is 24.4 Å². The van der Waals surface area contributed by atoms with Crippen molar-refractivity contribution in [1.29, 1.82) is 0 Å². The van der Waals surface area contributed by atoms with Crippen LogP contribution in [0.25, 0.3) is 0 Å². The summed E-state index contributed by atoms with van der Waals surface area (Å²) < 4.78 is 17.0. The van der Waals surface area contributed by atoms with E-state index in [1.165, 1.54) is 0 Å². The molecule has 4 rings (SSSR count). The summed E-state index contributed by atoms with van der Waals surface area (Å²) in [6.07, 6.45) is 4.80. The second-order valence-electron chi connectivity index (χ2n) is 9.11. The maximum absolute atomic E-state index is 12.1. The number of benzene rings is 2. The van der Waals surface area contributed by atoms with Gasteiger partial charge in [-0.25, -0.2) is 4.79 Å². The first-order chi connectivity index (χ1) is 16.5. The maximum Gasteiger partial charge on any atom is 0.338 e. The summed E-state index contributed by atoms with van der Waals surface area (Å²) in [6.45, 7) is 2.87. The van der Waals surface area contributed by atoms with Gasteiger partial charge in [-0.1, -0.05) is 42.5 Å². The lowest BCUT2D eigenvalue weighted by Gasteiger charge is -2.21. The van der Waals surface area contributed by atoms with Crippen LogP contribution in [-0.4, -0.2) is 54.3 Å². The van der Waals surface area contributed by atoms with Gasteiger partial charge in [0.15, 0.2) is 0 Å². The van der Waals surface area contributed by atoms with Crippen LogP contribution < -0.4 is 4.74 Å². The fourth-order valence-corrected chi connectivity index (χ4v) is 5.07. The molecule has 2 aliphatic rings. The van der Waals surface area contributed by atoms with E-state index in [9.17, 15) is 15.0 Å². The Labute approximate surface area is 201 Å². The number of esters is 1. The van der Waals surface area contributed by atoms with E-state index in [2.05, 4.69) is 0 Å². The fraction of sp³-hybridized carbons (Fsp3) is 0.464. The minimum atomic E-state index is -0.753. The third-order valence-corrected chi connectivity index (χ3v) is 6.84. The van der Waals surface area contributed by atoms with Crippen molar-refractivity contribution in [2.75, 3.05) is 19.8 Å². The first-order valence-electron chi connectivity index (χ1n) is 12.2. The Bertz CT molecular complexity index is 958. The van der Waals surface area contributed by atoms with Crippen LogP contribution in [0.2, 0.25) is 0 Å². The highest BCUT2D eigenvalue weighted by molar-refractivity contribution is 5.89. The Balaban J connectivity index is 1.36. The average Bonchev–Trinajstić information content (AvgIpc) is 3.01. The first-order valence-corrected chi connectivity index (χ1v) is 12.2. The average molecular weight is 467 g/mol. The van der Waals surface area contributed by atoms with Gasteiger partial charge in [0.05, 0.1) is 31.0 Å². The number of carbonyl (C=O) groups is 1. The van der Waals surface area contributed by atoms with Gasteiger partial charge >= 0.3 is 5.97 Å². The molecule has 0 aromatic heterocycles. The molecule has 1 heterocycles. The predicted molar refractivity (Wildman–Crippen MR) is 129 cm³/mol. The van der Waals surface area contributed by atoms with Gasteiger partial charge in [-0.05, 0) is 55.5 Å². The van der Waals surface area contributed by atoms with Crippen LogP contribution in [0, 0.1) is 11.8 Å². The topological polar surface area (TPSA) is 85.2 Å². The van der Waals surface area contributed by atoms with E-state index >= 15 is 0 Å². The third kappa shape index (κ3) is 6.06. The zero-order chi connectivity index (χ0) is 23.9. The molecule has 34 heavy (non-hydrogen) atoms. The molecule has 0 radical (unpaired) electrons. The molecule has 1 saturated heterocycles. The molecule has 1 aliphatic heterocycles. The number of fused-ring (bicyclic) bond motifs is 1. The van der Waals surface area contributed by atoms with Crippen molar-refractivity contribution in [3.8, 4) is 5.75 Å². The molecular weight excluding hydrogens is 432 g/mol. The van der Waals surface area contributed by atoms with E-state index < -0.39 is 12.2 Å². The summed E-state index contributed by atoms with van der Waals surface area (Å²) >= 11 is 0. The molecule has 182 valence electrons. The van der Waals surface area contributed by atoms with Crippen LogP contribution in [0.1, 0.15) is 48.0 Å². The van der Waals surface area contributed by atoms with Crippen molar-refractivity contribution in [3.05, 3.63) is 77.9 Å². The van der Waals surface area contributed by atoms with Crippen molar-refractivity contribution in [1.82, 2.24) is 0 Å². The van der Waals surface area contributed by atoms with Crippen molar-refractivity contribution in [2.45, 2.75) is 50.4 Å². The van der Waals surface area contributed by atoms with Crippen LogP contribution in [0.15, 0.2) is 66.7 Å². The molecule has 0 unspecified atom stereocenters. The van der Waals surface area contributed by atoms with Crippen LogP contribution in [0.5, 0.6) is 5.75 Å². The van der Waals surface area contributed by atoms with Crippen molar-refractivity contribution in [2.24, 2.45) is 11.8 Å². The number of ether oxygens (including phenoxy) is 3. The SMILES string of the molecule is CCOC(=O)c1cccc([C@@H]2CC[C@@H]3[C@@H](C=C[C@@H](O)COc4ccccc4)[C@H](O)C[C@@H]3OC2)c1. The molecule has 6 nitrogen and oxygen atoms in total. The Kier molecular flexibility index (Phi) is 8.38. The van der Waals surface area contributed by atoms with Gasteiger partial charge in [-0.3, -0.25) is 0 Å². The number of para-hydroxylation sites is 1. The summed E-state index contributed by atoms with van der Waals surface area (Å²) in [5, 5.41) is 21.0. The molecule has 2 fully saturated rings. The largest absolute Gasteiger partial charge is 0.491 e. The lowest BCUT2D eigenvalue weighted by Crippen LogP contribution is -2.22. The standard InChI is InChI=1S/C28H34O6/c1-2-32-28(31)20-8-6-7-19(15-20)21-11-13-25-24(26(30)16-27(25)34-17-21)14-12-22(29)18-33-23-9-4-3-5-10-23/h3-10,12,14-15,21-22,24-27,29-30H,2,11,13,16-18H2,1H3/t21-,22-,24-,25-,26-,27+/m1/s1. The number of aliphatic hydroxyl groups is 2. The smallest absolute Gasteiger partial charge is 0.338 e. The van der Waals surface area contributed by atoms with Crippen LogP contribution in [0.3, 0.4) is 0 Å². The van der Waals surface area contributed by atoms with E-state index in [0.717, 1.165) is 18.4 Å². The number of rotatable bonds is 8. The van der Waals surface area contributed by atoms with E-state index in [1.54, 1.807) is 19.1 Å². The van der Waals surface area contributed by atoms with Gasteiger partial charge in [0.2, 0.25) is 0 Å². The number of carbonyl (C=O) groups excluding carboxylic acids is 1. The molecule has 1 saturated carbocycles. The van der Waals surface area contributed by atoms with Crippen molar-refractivity contribution < 1.29 is 29.2 Å². The lowest BCUT2D eigenvalue weighted by molar-refractivity contribution is 0.0286. The third-order valence-electron chi connectivity index (χ3n) is 6.84. The minimum absolute atomic E-state index is 0.0133. The van der Waals surface area contributed by atoms with Gasteiger partial charge in [0.25, 0.3) is 0 Å². The number of hydrogen-bond donors (Lipinski definition) is 2. The van der Waals surface area contributed by atoms with Gasteiger partial charge in [0.1, 0.15) is 18.5 Å². The summed E-state index contributed by atoms with van der Waals surface area (Å²) in [5.74, 6) is 0.712. The second-order valence-corrected chi connectivity index (χ2v) is 9.11. The maximum atomic E-state index is 12.1. The van der Waals surface area contributed by atoms with Gasteiger partial charge in [-0.15, -0.1) is 0 Å². The normalized spacial score (nSPS) is 27.7. The lowest BCUT2D eigenvalue weighted by atomic mass is 9.85. The molecule has 0 spiro atoms. The molecule has 0 bridgehead atoms. The minimum Gasteiger partial charge on any atom is -0.491 e. The molecule has 1 aliphatic carbocycles. The monoisotopic (exact) mass is 466 g/mol. The van der Waals surface area contributed by atoms with Crippen LogP contribution in [-0.2, 0) is 9.47 Å². The zero-order valence-corrected chi connectivity index (χ0v) is 19.6. The summed E-state index contributed by atoms with van der Waals surface area (Å²) in [4.78, 5) is 12.1. The zero-order valence-electron chi connectivity index (χ0n) is 19.6. The Morgan fingerprint density at radius 2 is 2.00 bits per heavy atom. The molecule has 2 aromatic rings. The van der Waals surface area contributed by atoms with E-state index in [1.807, 2.05) is 54.6 Å². The van der Waals surface area contributed by atoms with Crippen LogP contribution in [0.4, 0.5) is 0 Å². The molecule has 6 heteroatoms. The Hall–Kier alpha value is -2.67. The number of hydrogen-bond acceptors (Lipinski definition) is 6.